The van der Waals surface area contributed by atoms with Gasteiger partial charge in [0.1, 0.15) is 5.82 Å². The topological polar surface area (TPSA) is 20.2 Å². The van der Waals surface area contributed by atoms with Gasteiger partial charge in [0.15, 0.2) is 0 Å². The van der Waals surface area contributed by atoms with E-state index in [1.807, 2.05) is 0 Å². The summed E-state index contributed by atoms with van der Waals surface area (Å²) in [7, 11) is 0. The SMILES string of the molecule is OC(c1cc(F)ccc1C(F)(F)F)C1CCCCCC1. The Balaban J connectivity index is 2.32. The third-order valence-corrected chi connectivity index (χ3v) is 3.98. The van der Waals surface area contributed by atoms with E-state index in [0.717, 1.165) is 37.8 Å². The summed E-state index contributed by atoms with van der Waals surface area (Å²) in [5, 5.41) is 10.3. The van der Waals surface area contributed by atoms with Crippen LogP contribution in [0.5, 0.6) is 0 Å². The maximum absolute atomic E-state index is 13.3. The van der Waals surface area contributed by atoms with Crippen LogP contribution in [0.4, 0.5) is 17.6 Å². The number of alkyl halides is 3. The van der Waals surface area contributed by atoms with Gasteiger partial charge < -0.3 is 5.11 Å². The Hall–Kier alpha value is -1.10. The lowest BCUT2D eigenvalue weighted by atomic mass is 9.87. The molecule has 0 saturated heterocycles. The maximum atomic E-state index is 13.3. The Morgan fingerprint density at radius 1 is 1.05 bits per heavy atom. The highest BCUT2D eigenvalue weighted by Gasteiger charge is 2.36. The summed E-state index contributed by atoms with van der Waals surface area (Å²) in [5.41, 5.74) is -1.26. The van der Waals surface area contributed by atoms with E-state index < -0.39 is 23.7 Å². The predicted molar refractivity (Wildman–Crippen MR) is 67.6 cm³/mol. The van der Waals surface area contributed by atoms with E-state index in [9.17, 15) is 22.7 Å². The molecule has 1 fully saturated rings. The van der Waals surface area contributed by atoms with Gasteiger partial charge in [-0.2, -0.15) is 13.2 Å². The minimum atomic E-state index is -4.57. The van der Waals surface area contributed by atoms with Crippen LogP contribution in [0.1, 0.15) is 55.8 Å². The highest BCUT2D eigenvalue weighted by atomic mass is 19.4. The highest BCUT2D eigenvalue weighted by Crippen LogP contribution is 2.40. The zero-order valence-corrected chi connectivity index (χ0v) is 11.1. The van der Waals surface area contributed by atoms with Gasteiger partial charge in [0.25, 0.3) is 0 Å². The van der Waals surface area contributed by atoms with Crippen LogP contribution in [-0.2, 0) is 6.18 Å². The van der Waals surface area contributed by atoms with Crippen LogP contribution in [0.2, 0.25) is 0 Å². The van der Waals surface area contributed by atoms with Crippen molar-refractivity contribution in [3.8, 4) is 0 Å². The van der Waals surface area contributed by atoms with E-state index in [2.05, 4.69) is 0 Å². The Kier molecular flexibility index (Phi) is 4.68. The largest absolute Gasteiger partial charge is 0.416 e. The Bertz CT molecular complexity index is 448. The predicted octanol–water partition coefficient (Wildman–Crippen LogP) is 4.85. The molecule has 2 rings (SSSR count). The van der Waals surface area contributed by atoms with Crippen LogP contribution < -0.4 is 0 Å². The van der Waals surface area contributed by atoms with Crippen molar-refractivity contribution >= 4 is 0 Å². The average molecular weight is 290 g/mol. The maximum Gasteiger partial charge on any atom is 0.416 e. The second-order valence-electron chi connectivity index (χ2n) is 5.43. The van der Waals surface area contributed by atoms with Crippen LogP contribution in [-0.4, -0.2) is 5.11 Å². The molecule has 20 heavy (non-hydrogen) atoms. The quantitative estimate of drug-likeness (QED) is 0.610. The Morgan fingerprint density at radius 3 is 2.20 bits per heavy atom. The van der Waals surface area contributed by atoms with Gasteiger partial charge in [-0.3, -0.25) is 0 Å². The third kappa shape index (κ3) is 3.51. The van der Waals surface area contributed by atoms with Gasteiger partial charge in [0.05, 0.1) is 11.7 Å². The molecule has 0 amide bonds. The number of benzene rings is 1. The monoisotopic (exact) mass is 290 g/mol. The van der Waals surface area contributed by atoms with E-state index in [4.69, 9.17) is 0 Å². The fourth-order valence-corrected chi connectivity index (χ4v) is 2.92. The van der Waals surface area contributed by atoms with Gasteiger partial charge in [-0.1, -0.05) is 25.7 Å². The molecule has 1 aromatic rings. The second kappa shape index (κ2) is 6.12. The molecule has 1 aliphatic carbocycles. The zero-order chi connectivity index (χ0) is 14.8. The standard InChI is InChI=1S/C15H18F4O/c16-11-7-8-13(15(17,18)19)12(9-11)14(20)10-5-3-1-2-4-6-10/h7-10,14,20H,1-6H2. The molecular formula is C15H18F4O. The summed E-state index contributed by atoms with van der Waals surface area (Å²) in [5.74, 6) is -0.971. The van der Waals surface area contributed by atoms with Crippen LogP contribution in [0, 0.1) is 11.7 Å². The summed E-state index contributed by atoms with van der Waals surface area (Å²) >= 11 is 0. The smallest absolute Gasteiger partial charge is 0.388 e. The van der Waals surface area contributed by atoms with Crippen LogP contribution >= 0.6 is 0 Å². The van der Waals surface area contributed by atoms with Crippen molar-refractivity contribution in [2.45, 2.75) is 50.8 Å². The minimum absolute atomic E-state index is 0.222. The first kappa shape index (κ1) is 15.3. The highest BCUT2D eigenvalue weighted by molar-refractivity contribution is 5.32. The first-order chi connectivity index (χ1) is 9.39. The zero-order valence-electron chi connectivity index (χ0n) is 11.1. The lowest BCUT2D eigenvalue weighted by Gasteiger charge is -2.24. The first-order valence-electron chi connectivity index (χ1n) is 6.94. The number of hydrogen-bond donors (Lipinski definition) is 1. The normalized spacial score (nSPS) is 19.6. The molecule has 0 aliphatic heterocycles. The number of rotatable bonds is 2. The third-order valence-electron chi connectivity index (χ3n) is 3.98. The van der Waals surface area contributed by atoms with E-state index in [0.29, 0.717) is 18.9 Å². The summed E-state index contributed by atoms with van der Waals surface area (Å²) in [6.07, 6.45) is -0.563. The van der Waals surface area contributed by atoms with Gasteiger partial charge in [-0.05, 0) is 42.5 Å². The van der Waals surface area contributed by atoms with Crippen molar-refractivity contribution < 1.29 is 22.7 Å². The average Bonchev–Trinajstić information content (AvgIpc) is 2.65. The molecule has 112 valence electrons. The van der Waals surface area contributed by atoms with E-state index >= 15 is 0 Å². The molecule has 0 radical (unpaired) electrons. The van der Waals surface area contributed by atoms with Gasteiger partial charge in [-0.25, -0.2) is 4.39 Å². The molecular weight excluding hydrogens is 272 g/mol. The Morgan fingerprint density at radius 2 is 1.65 bits per heavy atom. The summed E-state index contributed by atoms with van der Waals surface area (Å²) in [6, 6.07) is 2.31. The molecule has 0 bridgehead atoms. The molecule has 1 nitrogen and oxygen atoms in total. The first-order valence-corrected chi connectivity index (χ1v) is 6.94. The van der Waals surface area contributed by atoms with E-state index in [1.165, 1.54) is 0 Å². The summed E-state index contributed by atoms with van der Waals surface area (Å²) in [4.78, 5) is 0. The van der Waals surface area contributed by atoms with E-state index in [1.54, 1.807) is 0 Å². The Labute approximate surface area is 115 Å². The second-order valence-corrected chi connectivity index (χ2v) is 5.43. The number of aliphatic hydroxyl groups is 1. The molecule has 0 aromatic heterocycles. The van der Waals surface area contributed by atoms with Crippen molar-refractivity contribution in [2.75, 3.05) is 0 Å². The molecule has 0 spiro atoms. The molecule has 1 atom stereocenters. The van der Waals surface area contributed by atoms with E-state index in [-0.39, 0.29) is 11.5 Å². The molecule has 5 heteroatoms. The lowest BCUT2D eigenvalue weighted by Crippen LogP contribution is -2.18. The molecule has 1 unspecified atom stereocenters. The van der Waals surface area contributed by atoms with Crippen LogP contribution in [0.25, 0.3) is 0 Å². The van der Waals surface area contributed by atoms with Gasteiger partial charge in [0.2, 0.25) is 0 Å². The fraction of sp³-hybridized carbons (Fsp3) is 0.600. The molecule has 1 aliphatic rings. The van der Waals surface area contributed by atoms with Gasteiger partial charge in [0, 0.05) is 0 Å². The number of hydrogen-bond acceptors (Lipinski definition) is 1. The van der Waals surface area contributed by atoms with Crippen molar-refractivity contribution in [2.24, 2.45) is 5.92 Å². The molecule has 1 N–H and O–H groups in total. The van der Waals surface area contributed by atoms with Crippen molar-refractivity contribution in [1.82, 2.24) is 0 Å². The fourth-order valence-electron chi connectivity index (χ4n) is 2.92. The molecule has 0 heterocycles. The van der Waals surface area contributed by atoms with Crippen molar-refractivity contribution in [3.05, 3.63) is 35.1 Å². The number of halogens is 4. The van der Waals surface area contributed by atoms with Crippen LogP contribution in [0.3, 0.4) is 0 Å². The summed E-state index contributed by atoms with van der Waals surface area (Å²) < 4.78 is 52.1. The lowest BCUT2D eigenvalue weighted by molar-refractivity contribution is -0.139. The molecule has 1 aromatic carbocycles. The van der Waals surface area contributed by atoms with Crippen LogP contribution in [0.15, 0.2) is 18.2 Å². The van der Waals surface area contributed by atoms with Gasteiger partial charge >= 0.3 is 6.18 Å². The number of aliphatic hydroxyl groups excluding tert-OH is 1. The summed E-state index contributed by atoms with van der Waals surface area (Å²) in [6.45, 7) is 0. The van der Waals surface area contributed by atoms with Crippen molar-refractivity contribution in [1.29, 1.82) is 0 Å². The van der Waals surface area contributed by atoms with Crippen molar-refractivity contribution in [3.63, 3.8) is 0 Å². The van der Waals surface area contributed by atoms with Gasteiger partial charge in [-0.15, -0.1) is 0 Å². The molecule has 1 saturated carbocycles. The minimum Gasteiger partial charge on any atom is -0.388 e.